The van der Waals surface area contributed by atoms with E-state index in [0.29, 0.717) is 0 Å². The van der Waals surface area contributed by atoms with Crippen LogP contribution in [0.4, 0.5) is 0 Å². The Labute approximate surface area is 80.9 Å². The normalized spacial score (nSPS) is 23.9. The summed E-state index contributed by atoms with van der Waals surface area (Å²) in [5.41, 5.74) is 0. The molecule has 0 aromatic heterocycles. The lowest BCUT2D eigenvalue weighted by atomic mass is 10.2. The van der Waals surface area contributed by atoms with Gasteiger partial charge in [-0.2, -0.15) is 0 Å². The van der Waals surface area contributed by atoms with Crippen molar-refractivity contribution in [1.82, 2.24) is 0 Å². The molecule has 1 heterocycles. The molecule has 0 aromatic rings. The summed E-state index contributed by atoms with van der Waals surface area (Å²) in [5, 5.41) is 0. The minimum absolute atomic E-state index is 0.0729. The van der Waals surface area contributed by atoms with Crippen LogP contribution in [0, 0.1) is 0 Å². The van der Waals surface area contributed by atoms with Crippen molar-refractivity contribution in [2.75, 3.05) is 13.2 Å². The van der Waals surface area contributed by atoms with Crippen LogP contribution in [0.5, 0.6) is 0 Å². The van der Waals surface area contributed by atoms with Crippen molar-refractivity contribution < 1.29 is 9.47 Å². The van der Waals surface area contributed by atoms with Gasteiger partial charge in [-0.3, -0.25) is 0 Å². The first-order chi connectivity index (χ1) is 6.43. The van der Waals surface area contributed by atoms with E-state index < -0.39 is 0 Å². The van der Waals surface area contributed by atoms with Crippen LogP contribution in [-0.2, 0) is 9.47 Å². The zero-order valence-electron chi connectivity index (χ0n) is 8.50. The third-order valence-electron chi connectivity index (χ3n) is 2.13. The van der Waals surface area contributed by atoms with Gasteiger partial charge in [-0.25, -0.2) is 0 Å². The molecule has 1 atom stereocenters. The van der Waals surface area contributed by atoms with E-state index >= 15 is 0 Å². The Kier molecular flexibility index (Phi) is 5.87. The SMILES string of the molecule is CC/C=C\CCOC1CCCCO1. The third kappa shape index (κ3) is 5.06. The van der Waals surface area contributed by atoms with Crippen LogP contribution in [0.1, 0.15) is 39.0 Å². The summed E-state index contributed by atoms with van der Waals surface area (Å²) in [7, 11) is 0. The molecular weight excluding hydrogens is 164 g/mol. The van der Waals surface area contributed by atoms with Crippen molar-refractivity contribution in [3.05, 3.63) is 12.2 Å². The van der Waals surface area contributed by atoms with Crippen molar-refractivity contribution in [2.24, 2.45) is 0 Å². The van der Waals surface area contributed by atoms with E-state index in [1.54, 1.807) is 0 Å². The largest absolute Gasteiger partial charge is 0.353 e. The van der Waals surface area contributed by atoms with Gasteiger partial charge in [0.05, 0.1) is 6.61 Å². The maximum Gasteiger partial charge on any atom is 0.157 e. The second-order valence-electron chi connectivity index (χ2n) is 3.34. The van der Waals surface area contributed by atoms with E-state index in [9.17, 15) is 0 Å². The Hall–Kier alpha value is -0.340. The Balaban J connectivity index is 1.95. The molecule has 1 unspecified atom stereocenters. The van der Waals surface area contributed by atoms with Crippen LogP contribution in [0.3, 0.4) is 0 Å². The summed E-state index contributed by atoms with van der Waals surface area (Å²) >= 11 is 0. The average molecular weight is 184 g/mol. The minimum atomic E-state index is 0.0729. The van der Waals surface area contributed by atoms with E-state index in [1.165, 1.54) is 12.8 Å². The Bertz CT molecular complexity index is 137. The molecule has 2 nitrogen and oxygen atoms in total. The van der Waals surface area contributed by atoms with Gasteiger partial charge in [0.25, 0.3) is 0 Å². The maximum absolute atomic E-state index is 5.56. The number of ether oxygens (including phenoxy) is 2. The number of rotatable bonds is 5. The van der Waals surface area contributed by atoms with Crippen molar-refractivity contribution in [2.45, 2.75) is 45.3 Å². The fourth-order valence-corrected chi connectivity index (χ4v) is 1.39. The van der Waals surface area contributed by atoms with Crippen molar-refractivity contribution in [1.29, 1.82) is 0 Å². The molecule has 1 rings (SSSR count). The van der Waals surface area contributed by atoms with E-state index in [1.807, 2.05) is 0 Å². The Morgan fingerprint density at radius 1 is 1.38 bits per heavy atom. The zero-order valence-corrected chi connectivity index (χ0v) is 8.50. The molecule has 0 N–H and O–H groups in total. The predicted molar refractivity (Wildman–Crippen MR) is 53.6 cm³/mol. The molecule has 0 bridgehead atoms. The van der Waals surface area contributed by atoms with Crippen LogP contribution in [-0.4, -0.2) is 19.5 Å². The predicted octanol–water partition coefficient (Wildman–Crippen LogP) is 2.89. The second kappa shape index (κ2) is 7.10. The smallest absolute Gasteiger partial charge is 0.157 e. The minimum Gasteiger partial charge on any atom is -0.353 e. The fourth-order valence-electron chi connectivity index (χ4n) is 1.39. The molecular formula is C11H20O2. The topological polar surface area (TPSA) is 18.5 Å². The highest BCUT2D eigenvalue weighted by Gasteiger charge is 2.12. The number of allylic oxidation sites excluding steroid dienone is 1. The van der Waals surface area contributed by atoms with Gasteiger partial charge >= 0.3 is 0 Å². The molecule has 0 saturated carbocycles. The van der Waals surface area contributed by atoms with Gasteiger partial charge in [0.2, 0.25) is 0 Å². The highest BCUT2D eigenvalue weighted by molar-refractivity contribution is 4.79. The van der Waals surface area contributed by atoms with Crippen molar-refractivity contribution in [3.8, 4) is 0 Å². The summed E-state index contributed by atoms with van der Waals surface area (Å²) in [5.74, 6) is 0. The fraction of sp³-hybridized carbons (Fsp3) is 0.818. The number of hydrogen-bond donors (Lipinski definition) is 0. The molecule has 1 saturated heterocycles. The average Bonchev–Trinajstić information content (AvgIpc) is 2.19. The van der Waals surface area contributed by atoms with Gasteiger partial charge in [-0.05, 0) is 32.1 Å². The Morgan fingerprint density at radius 3 is 3.00 bits per heavy atom. The van der Waals surface area contributed by atoms with Gasteiger partial charge in [-0.15, -0.1) is 0 Å². The van der Waals surface area contributed by atoms with Gasteiger partial charge in [-0.1, -0.05) is 19.1 Å². The van der Waals surface area contributed by atoms with Crippen molar-refractivity contribution >= 4 is 0 Å². The van der Waals surface area contributed by atoms with Crippen LogP contribution in [0.15, 0.2) is 12.2 Å². The lowest BCUT2D eigenvalue weighted by Gasteiger charge is -2.22. The highest BCUT2D eigenvalue weighted by atomic mass is 16.7. The first-order valence-corrected chi connectivity index (χ1v) is 5.31. The van der Waals surface area contributed by atoms with Gasteiger partial charge in [0, 0.05) is 6.61 Å². The second-order valence-corrected chi connectivity index (χ2v) is 3.34. The first kappa shape index (κ1) is 10.7. The van der Waals surface area contributed by atoms with Crippen LogP contribution >= 0.6 is 0 Å². The van der Waals surface area contributed by atoms with Crippen LogP contribution in [0.2, 0.25) is 0 Å². The van der Waals surface area contributed by atoms with E-state index in [4.69, 9.17) is 9.47 Å². The summed E-state index contributed by atoms with van der Waals surface area (Å²) in [6.07, 6.45) is 10.0. The molecule has 1 aliphatic rings. The quantitative estimate of drug-likeness (QED) is 0.483. The summed E-state index contributed by atoms with van der Waals surface area (Å²) < 4.78 is 11.0. The lowest BCUT2D eigenvalue weighted by molar-refractivity contribution is -0.161. The molecule has 13 heavy (non-hydrogen) atoms. The number of hydrogen-bond acceptors (Lipinski definition) is 2. The first-order valence-electron chi connectivity index (χ1n) is 5.31. The summed E-state index contributed by atoms with van der Waals surface area (Å²) in [4.78, 5) is 0. The van der Waals surface area contributed by atoms with E-state index in [0.717, 1.165) is 32.5 Å². The van der Waals surface area contributed by atoms with Gasteiger partial charge in [0.1, 0.15) is 0 Å². The van der Waals surface area contributed by atoms with Crippen molar-refractivity contribution in [3.63, 3.8) is 0 Å². The molecule has 1 aliphatic heterocycles. The molecule has 1 fully saturated rings. The third-order valence-corrected chi connectivity index (χ3v) is 2.13. The zero-order chi connectivity index (χ0) is 9.36. The van der Waals surface area contributed by atoms with Crippen LogP contribution in [0.25, 0.3) is 0 Å². The van der Waals surface area contributed by atoms with Gasteiger partial charge < -0.3 is 9.47 Å². The van der Waals surface area contributed by atoms with Gasteiger partial charge in [0.15, 0.2) is 6.29 Å². The maximum atomic E-state index is 5.56. The van der Waals surface area contributed by atoms with Crippen LogP contribution < -0.4 is 0 Å². The van der Waals surface area contributed by atoms with E-state index in [2.05, 4.69) is 19.1 Å². The Morgan fingerprint density at radius 2 is 2.31 bits per heavy atom. The summed E-state index contributed by atoms with van der Waals surface area (Å²) in [6.45, 7) is 3.80. The highest BCUT2D eigenvalue weighted by Crippen LogP contribution is 2.13. The molecule has 0 radical (unpaired) electrons. The standard InChI is InChI=1S/C11H20O2/c1-2-3-4-6-9-12-11-8-5-7-10-13-11/h3-4,11H,2,5-10H2,1H3/b4-3-. The monoisotopic (exact) mass is 184 g/mol. The molecule has 76 valence electrons. The molecule has 0 aliphatic carbocycles. The lowest BCUT2D eigenvalue weighted by Crippen LogP contribution is -2.22. The molecule has 0 aromatic carbocycles. The molecule has 0 spiro atoms. The summed E-state index contributed by atoms with van der Waals surface area (Å²) in [6, 6.07) is 0. The molecule has 2 heteroatoms. The van der Waals surface area contributed by atoms with E-state index in [-0.39, 0.29) is 6.29 Å². The molecule has 0 amide bonds.